The zero-order valence-corrected chi connectivity index (χ0v) is 16.3. The number of carbonyl (C=O) groups excluding carboxylic acids is 2. The van der Waals surface area contributed by atoms with Gasteiger partial charge < -0.3 is 19.2 Å². The maximum absolute atomic E-state index is 12.2. The Morgan fingerprint density at radius 2 is 1.90 bits per heavy atom. The third-order valence-electron chi connectivity index (χ3n) is 4.24. The Bertz CT molecular complexity index is 1190. The van der Waals surface area contributed by atoms with E-state index in [-0.39, 0.29) is 0 Å². The van der Waals surface area contributed by atoms with Gasteiger partial charge in [0.05, 0.1) is 11.6 Å². The van der Waals surface area contributed by atoms with E-state index in [1.165, 1.54) is 19.1 Å². The summed E-state index contributed by atoms with van der Waals surface area (Å²) >= 11 is 0. The van der Waals surface area contributed by atoms with Crippen molar-refractivity contribution in [2.75, 3.05) is 11.9 Å². The van der Waals surface area contributed by atoms with E-state index in [0.717, 1.165) is 10.9 Å². The van der Waals surface area contributed by atoms with Gasteiger partial charge in [0, 0.05) is 23.2 Å². The molecule has 0 fully saturated rings. The summed E-state index contributed by atoms with van der Waals surface area (Å²) in [7, 11) is 0. The van der Waals surface area contributed by atoms with Crippen LogP contribution in [0.5, 0.6) is 5.75 Å². The van der Waals surface area contributed by atoms with Gasteiger partial charge in [0.25, 0.3) is 5.91 Å². The van der Waals surface area contributed by atoms with E-state index in [2.05, 4.69) is 5.32 Å². The van der Waals surface area contributed by atoms with E-state index >= 15 is 0 Å². The van der Waals surface area contributed by atoms with Crippen molar-refractivity contribution in [3.8, 4) is 11.8 Å². The van der Waals surface area contributed by atoms with Crippen LogP contribution in [0, 0.1) is 18.3 Å². The fourth-order valence-electron chi connectivity index (χ4n) is 2.69. The lowest BCUT2D eigenvalue weighted by atomic mass is 10.1. The number of nitriles is 1. The molecule has 0 saturated heterocycles. The lowest BCUT2D eigenvalue weighted by Crippen LogP contribution is -2.31. The number of carbonyl (C=O) groups is 2. The first-order chi connectivity index (χ1) is 14.4. The third-order valence-corrected chi connectivity index (χ3v) is 4.24. The summed E-state index contributed by atoms with van der Waals surface area (Å²) in [5.41, 5.74) is 1.59. The normalized spacial score (nSPS) is 11.4. The van der Waals surface area contributed by atoms with Crippen LogP contribution < -0.4 is 15.7 Å². The molecule has 1 N–H and O–H groups in total. The van der Waals surface area contributed by atoms with Crippen LogP contribution in [-0.2, 0) is 14.3 Å². The van der Waals surface area contributed by atoms with Crippen LogP contribution in [0.25, 0.3) is 11.0 Å². The predicted octanol–water partition coefficient (Wildman–Crippen LogP) is 2.92. The van der Waals surface area contributed by atoms with Gasteiger partial charge in [0.2, 0.25) is 0 Å². The Morgan fingerprint density at radius 3 is 2.60 bits per heavy atom. The third kappa shape index (κ3) is 5.02. The molecule has 1 heterocycles. The first kappa shape index (κ1) is 20.6. The van der Waals surface area contributed by atoms with Crippen molar-refractivity contribution in [1.82, 2.24) is 0 Å². The molecule has 0 aliphatic carbocycles. The molecule has 8 nitrogen and oxygen atoms in total. The first-order valence-electron chi connectivity index (χ1n) is 9.03. The van der Waals surface area contributed by atoms with Crippen molar-refractivity contribution in [3.63, 3.8) is 0 Å². The van der Waals surface area contributed by atoms with Crippen LogP contribution in [-0.4, -0.2) is 24.6 Å². The van der Waals surface area contributed by atoms with Crippen LogP contribution in [0.2, 0.25) is 0 Å². The van der Waals surface area contributed by atoms with E-state index in [0.29, 0.717) is 22.6 Å². The number of nitrogens with zero attached hydrogens (tertiary/aromatic N) is 1. The molecule has 1 amide bonds. The molecule has 0 radical (unpaired) electrons. The minimum Gasteiger partial charge on any atom is -0.482 e. The van der Waals surface area contributed by atoms with Gasteiger partial charge in [-0.2, -0.15) is 5.26 Å². The second-order valence-corrected chi connectivity index (χ2v) is 6.51. The van der Waals surface area contributed by atoms with Gasteiger partial charge in [-0.05, 0) is 55.8 Å². The zero-order valence-electron chi connectivity index (χ0n) is 16.3. The molecule has 2 aromatic carbocycles. The topological polar surface area (TPSA) is 119 Å². The molecule has 3 rings (SSSR count). The summed E-state index contributed by atoms with van der Waals surface area (Å²) in [6.07, 6.45) is -1.05. The van der Waals surface area contributed by atoms with Gasteiger partial charge in [-0.1, -0.05) is 0 Å². The SMILES string of the molecule is Cc1cc(=O)oc2cc(OCC(=O)O[C@@H](C)C(=O)Nc3ccc(C#N)cc3)ccc12. The maximum Gasteiger partial charge on any atom is 0.344 e. The number of ether oxygens (including phenoxy) is 2. The number of rotatable bonds is 6. The Labute approximate surface area is 171 Å². The Balaban J connectivity index is 1.54. The molecule has 0 aliphatic heterocycles. The lowest BCUT2D eigenvalue weighted by Gasteiger charge is -2.14. The van der Waals surface area contributed by atoms with Crippen molar-refractivity contribution in [2.45, 2.75) is 20.0 Å². The second-order valence-electron chi connectivity index (χ2n) is 6.51. The smallest absolute Gasteiger partial charge is 0.344 e. The highest BCUT2D eigenvalue weighted by Crippen LogP contribution is 2.22. The van der Waals surface area contributed by atoms with Gasteiger partial charge in [0.15, 0.2) is 12.7 Å². The van der Waals surface area contributed by atoms with Crippen molar-refractivity contribution in [2.24, 2.45) is 0 Å². The molecular formula is C22H18N2O6. The first-order valence-corrected chi connectivity index (χ1v) is 9.03. The minimum atomic E-state index is -1.05. The molecule has 1 aromatic heterocycles. The minimum absolute atomic E-state index is 0.322. The van der Waals surface area contributed by atoms with Gasteiger partial charge in [-0.15, -0.1) is 0 Å². The molecule has 0 aliphatic rings. The molecular weight excluding hydrogens is 388 g/mol. The molecule has 0 bridgehead atoms. The fourth-order valence-corrected chi connectivity index (χ4v) is 2.69. The van der Waals surface area contributed by atoms with E-state index < -0.39 is 30.2 Å². The molecule has 1 atom stereocenters. The van der Waals surface area contributed by atoms with E-state index in [9.17, 15) is 14.4 Å². The lowest BCUT2D eigenvalue weighted by molar-refractivity contribution is -0.155. The van der Waals surface area contributed by atoms with Crippen molar-refractivity contribution < 1.29 is 23.5 Å². The summed E-state index contributed by atoms with van der Waals surface area (Å²) in [6, 6.07) is 14.5. The molecule has 0 saturated carbocycles. The summed E-state index contributed by atoms with van der Waals surface area (Å²) < 4.78 is 15.6. The number of nitrogens with one attached hydrogen (secondary N) is 1. The number of aryl methyl sites for hydroxylation is 1. The van der Waals surface area contributed by atoms with Gasteiger partial charge in [-0.25, -0.2) is 9.59 Å². The second kappa shape index (κ2) is 8.92. The molecule has 152 valence electrons. The average Bonchev–Trinajstić information content (AvgIpc) is 2.72. The molecule has 0 unspecified atom stereocenters. The zero-order chi connectivity index (χ0) is 21.7. The van der Waals surface area contributed by atoms with Gasteiger partial charge >= 0.3 is 11.6 Å². The van der Waals surface area contributed by atoms with Crippen molar-refractivity contribution >= 4 is 28.5 Å². The monoisotopic (exact) mass is 406 g/mol. The summed E-state index contributed by atoms with van der Waals surface area (Å²) in [6.45, 7) is 2.81. The Kier molecular flexibility index (Phi) is 6.13. The quantitative estimate of drug-likeness (QED) is 0.494. The molecule has 0 spiro atoms. The number of anilines is 1. The van der Waals surface area contributed by atoms with Gasteiger partial charge in [-0.3, -0.25) is 4.79 Å². The van der Waals surface area contributed by atoms with Crippen LogP contribution in [0.4, 0.5) is 5.69 Å². The van der Waals surface area contributed by atoms with Crippen LogP contribution >= 0.6 is 0 Å². The largest absolute Gasteiger partial charge is 0.482 e. The number of esters is 1. The van der Waals surface area contributed by atoms with Crippen molar-refractivity contribution in [1.29, 1.82) is 5.26 Å². The highest BCUT2D eigenvalue weighted by atomic mass is 16.6. The predicted molar refractivity (Wildman–Crippen MR) is 108 cm³/mol. The van der Waals surface area contributed by atoms with Crippen LogP contribution in [0.1, 0.15) is 18.1 Å². The molecule has 3 aromatic rings. The standard InChI is InChI=1S/C22H18N2O6/c1-13-9-20(25)30-19-10-17(7-8-18(13)19)28-12-21(26)29-14(2)22(27)24-16-5-3-15(11-23)4-6-16/h3-10,14H,12H2,1-2H3,(H,24,27)/t14-/m0/s1. The van der Waals surface area contributed by atoms with Crippen LogP contribution in [0.15, 0.2) is 57.7 Å². The van der Waals surface area contributed by atoms with Gasteiger partial charge in [0.1, 0.15) is 11.3 Å². The fraction of sp³-hybridized carbons (Fsp3) is 0.182. The summed E-state index contributed by atoms with van der Waals surface area (Å²) in [5.74, 6) is -0.929. The highest BCUT2D eigenvalue weighted by Gasteiger charge is 2.18. The summed E-state index contributed by atoms with van der Waals surface area (Å²) in [4.78, 5) is 35.6. The number of fused-ring (bicyclic) bond motifs is 1. The number of hydrogen-bond donors (Lipinski definition) is 1. The van der Waals surface area contributed by atoms with E-state index in [4.69, 9.17) is 19.2 Å². The Hall–Kier alpha value is -4.12. The maximum atomic E-state index is 12.2. The average molecular weight is 406 g/mol. The summed E-state index contributed by atoms with van der Waals surface area (Å²) in [5, 5.41) is 12.1. The highest BCUT2D eigenvalue weighted by molar-refractivity contribution is 5.95. The number of benzene rings is 2. The van der Waals surface area contributed by atoms with E-state index in [1.807, 2.05) is 6.07 Å². The van der Waals surface area contributed by atoms with Crippen LogP contribution in [0.3, 0.4) is 0 Å². The number of hydrogen-bond acceptors (Lipinski definition) is 7. The molecule has 8 heteroatoms. The Morgan fingerprint density at radius 1 is 1.17 bits per heavy atom. The van der Waals surface area contributed by atoms with E-state index in [1.54, 1.807) is 43.3 Å². The van der Waals surface area contributed by atoms with Crippen molar-refractivity contribution in [3.05, 3.63) is 70.1 Å². The number of amides is 1. The molecule has 30 heavy (non-hydrogen) atoms.